The van der Waals surface area contributed by atoms with E-state index in [1.165, 1.54) is 25.4 Å². The molecule has 76 valence electrons. The second-order valence-corrected chi connectivity index (χ2v) is 3.72. The Hall–Kier alpha value is -1.29. The van der Waals surface area contributed by atoms with Crippen molar-refractivity contribution in [3.8, 4) is 0 Å². The van der Waals surface area contributed by atoms with Gasteiger partial charge in [-0.05, 0) is 24.8 Å². The summed E-state index contributed by atoms with van der Waals surface area (Å²) in [6, 6.07) is 1.74. The highest BCUT2D eigenvalue weighted by Crippen LogP contribution is 2.31. The summed E-state index contributed by atoms with van der Waals surface area (Å²) in [4.78, 5) is 11.4. The molecule has 1 amide bonds. The summed E-state index contributed by atoms with van der Waals surface area (Å²) in [5.41, 5.74) is 6.39. The van der Waals surface area contributed by atoms with Crippen LogP contribution in [0.2, 0.25) is 0 Å². The van der Waals surface area contributed by atoms with E-state index in [0.717, 1.165) is 0 Å². The van der Waals surface area contributed by atoms with Crippen LogP contribution in [-0.2, 0) is 0 Å². The van der Waals surface area contributed by atoms with Crippen LogP contribution in [0.5, 0.6) is 0 Å². The lowest BCUT2D eigenvalue weighted by Gasteiger charge is -2.10. The number of rotatable bonds is 4. The van der Waals surface area contributed by atoms with Crippen molar-refractivity contribution in [2.45, 2.75) is 18.9 Å². The minimum Gasteiger partial charge on any atom is -0.472 e. The molecule has 0 aliphatic heterocycles. The van der Waals surface area contributed by atoms with Crippen molar-refractivity contribution in [1.29, 1.82) is 0 Å². The normalized spacial score (nSPS) is 17.8. The van der Waals surface area contributed by atoms with Gasteiger partial charge in [0.1, 0.15) is 6.26 Å². The van der Waals surface area contributed by atoms with Crippen molar-refractivity contribution >= 4 is 5.91 Å². The molecule has 1 aromatic heterocycles. The maximum Gasteiger partial charge on any atom is 0.254 e. The Morgan fingerprint density at radius 3 is 3.07 bits per heavy atom. The van der Waals surface area contributed by atoms with Gasteiger partial charge in [0, 0.05) is 12.6 Å². The average molecular weight is 194 g/mol. The van der Waals surface area contributed by atoms with Gasteiger partial charge < -0.3 is 15.5 Å². The Balaban J connectivity index is 1.77. The third-order valence-corrected chi connectivity index (χ3v) is 2.51. The Kier molecular flexibility index (Phi) is 2.54. The monoisotopic (exact) mass is 194 g/mol. The fraction of sp³-hybridized carbons (Fsp3) is 0.500. The number of hydrogen-bond donors (Lipinski definition) is 2. The number of amides is 1. The van der Waals surface area contributed by atoms with Gasteiger partial charge in [0.15, 0.2) is 0 Å². The van der Waals surface area contributed by atoms with Crippen molar-refractivity contribution in [2.24, 2.45) is 11.7 Å². The molecule has 1 fully saturated rings. The summed E-state index contributed by atoms with van der Waals surface area (Å²) >= 11 is 0. The molecule has 1 atom stereocenters. The van der Waals surface area contributed by atoms with E-state index in [9.17, 15) is 4.79 Å². The van der Waals surface area contributed by atoms with Gasteiger partial charge in [0.2, 0.25) is 0 Å². The van der Waals surface area contributed by atoms with Crippen molar-refractivity contribution < 1.29 is 9.21 Å². The highest BCUT2D eigenvalue weighted by molar-refractivity contribution is 5.93. The molecule has 1 heterocycles. The molecular weight excluding hydrogens is 180 g/mol. The summed E-state index contributed by atoms with van der Waals surface area (Å²) in [6.45, 7) is 0.550. The van der Waals surface area contributed by atoms with Gasteiger partial charge in [-0.3, -0.25) is 4.79 Å². The van der Waals surface area contributed by atoms with Crippen molar-refractivity contribution in [3.05, 3.63) is 24.2 Å². The van der Waals surface area contributed by atoms with E-state index in [0.29, 0.717) is 18.0 Å². The van der Waals surface area contributed by atoms with Crippen molar-refractivity contribution in [2.75, 3.05) is 6.54 Å². The van der Waals surface area contributed by atoms with E-state index in [-0.39, 0.29) is 11.9 Å². The van der Waals surface area contributed by atoms with E-state index >= 15 is 0 Å². The predicted octanol–water partition coefficient (Wildman–Crippen LogP) is 0.747. The molecule has 0 spiro atoms. The summed E-state index contributed by atoms with van der Waals surface area (Å²) in [5.74, 6) is 0.495. The van der Waals surface area contributed by atoms with E-state index in [1.54, 1.807) is 6.07 Å². The maximum atomic E-state index is 11.4. The SMILES string of the molecule is NC(CNC(=O)c1ccoc1)C1CC1. The van der Waals surface area contributed by atoms with Crippen LogP contribution in [-0.4, -0.2) is 18.5 Å². The van der Waals surface area contributed by atoms with Gasteiger partial charge >= 0.3 is 0 Å². The van der Waals surface area contributed by atoms with Gasteiger partial charge in [0.25, 0.3) is 5.91 Å². The predicted molar refractivity (Wildman–Crippen MR) is 51.7 cm³/mol. The average Bonchev–Trinajstić information content (AvgIpc) is 2.90. The summed E-state index contributed by atoms with van der Waals surface area (Å²) < 4.78 is 4.81. The van der Waals surface area contributed by atoms with Gasteiger partial charge in [0.05, 0.1) is 11.8 Å². The van der Waals surface area contributed by atoms with Crippen LogP contribution in [0.4, 0.5) is 0 Å². The lowest BCUT2D eigenvalue weighted by atomic mass is 10.2. The van der Waals surface area contributed by atoms with Crippen molar-refractivity contribution in [1.82, 2.24) is 5.32 Å². The number of nitrogens with one attached hydrogen (secondary N) is 1. The lowest BCUT2D eigenvalue weighted by Crippen LogP contribution is -2.38. The van der Waals surface area contributed by atoms with Gasteiger partial charge in [-0.1, -0.05) is 0 Å². The molecule has 1 unspecified atom stereocenters. The van der Waals surface area contributed by atoms with E-state index in [2.05, 4.69) is 5.32 Å². The molecule has 1 aromatic rings. The summed E-state index contributed by atoms with van der Waals surface area (Å²) in [7, 11) is 0. The van der Waals surface area contributed by atoms with E-state index in [1.807, 2.05) is 0 Å². The standard InChI is InChI=1S/C10H14N2O2/c11-9(7-1-2-7)5-12-10(13)8-3-4-14-6-8/h3-4,6-7,9H,1-2,5,11H2,(H,12,13). The lowest BCUT2D eigenvalue weighted by molar-refractivity contribution is 0.0949. The third kappa shape index (κ3) is 2.14. The van der Waals surface area contributed by atoms with Crippen LogP contribution in [0.25, 0.3) is 0 Å². The molecule has 0 aromatic carbocycles. The molecule has 1 aliphatic carbocycles. The second-order valence-electron chi connectivity index (χ2n) is 3.72. The van der Waals surface area contributed by atoms with Gasteiger partial charge in [-0.25, -0.2) is 0 Å². The zero-order chi connectivity index (χ0) is 9.97. The topological polar surface area (TPSA) is 68.3 Å². The van der Waals surface area contributed by atoms with Gasteiger partial charge in [-0.15, -0.1) is 0 Å². The Morgan fingerprint density at radius 2 is 2.50 bits per heavy atom. The highest BCUT2D eigenvalue weighted by atomic mass is 16.3. The fourth-order valence-corrected chi connectivity index (χ4v) is 1.40. The number of furan rings is 1. The zero-order valence-electron chi connectivity index (χ0n) is 7.90. The van der Waals surface area contributed by atoms with Crippen LogP contribution >= 0.6 is 0 Å². The first-order chi connectivity index (χ1) is 6.77. The smallest absolute Gasteiger partial charge is 0.254 e. The maximum absolute atomic E-state index is 11.4. The van der Waals surface area contributed by atoms with Crippen LogP contribution < -0.4 is 11.1 Å². The van der Waals surface area contributed by atoms with Gasteiger partial charge in [-0.2, -0.15) is 0 Å². The quantitative estimate of drug-likeness (QED) is 0.743. The summed E-state index contributed by atoms with van der Waals surface area (Å²) in [6.07, 6.45) is 5.30. The molecule has 2 rings (SSSR count). The minimum absolute atomic E-state index is 0.103. The first-order valence-electron chi connectivity index (χ1n) is 4.83. The number of nitrogens with two attached hydrogens (primary N) is 1. The van der Waals surface area contributed by atoms with Crippen LogP contribution in [0.15, 0.2) is 23.0 Å². The van der Waals surface area contributed by atoms with Crippen LogP contribution in [0.3, 0.4) is 0 Å². The van der Waals surface area contributed by atoms with E-state index < -0.39 is 0 Å². The Bertz CT molecular complexity index is 304. The van der Waals surface area contributed by atoms with Crippen LogP contribution in [0, 0.1) is 5.92 Å². The number of hydrogen-bond acceptors (Lipinski definition) is 3. The molecule has 0 saturated heterocycles. The summed E-state index contributed by atoms with van der Waals surface area (Å²) in [5, 5.41) is 2.78. The molecular formula is C10H14N2O2. The van der Waals surface area contributed by atoms with E-state index in [4.69, 9.17) is 10.2 Å². The largest absolute Gasteiger partial charge is 0.472 e. The molecule has 4 heteroatoms. The molecule has 0 bridgehead atoms. The number of carbonyl (C=O) groups is 1. The number of carbonyl (C=O) groups excluding carboxylic acids is 1. The molecule has 1 aliphatic rings. The molecule has 1 saturated carbocycles. The molecule has 0 radical (unpaired) electrons. The molecule has 14 heavy (non-hydrogen) atoms. The Morgan fingerprint density at radius 1 is 1.71 bits per heavy atom. The van der Waals surface area contributed by atoms with Crippen molar-refractivity contribution in [3.63, 3.8) is 0 Å². The molecule has 3 N–H and O–H groups in total. The third-order valence-electron chi connectivity index (χ3n) is 2.51. The van der Waals surface area contributed by atoms with Crippen LogP contribution in [0.1, 0.15) is 23.2 Å². The fourth-order valence-electron chi connectivity index (χ4n) is 1.40. The first kappa shape index (κ1) is 9.27. The molecule has 4 nitrogen and oxygen atoms in total. The minimum atomic E-state index is -0.116. The highest BCUT2D eigenvalue weighted by Gasteiger charge is 2.28. The second kappa shape index (κ2) is 3.84. The first-order valence-corrected chi connectivity index (χ1v) is 4.83. The Labute approximate surface area is 82.5 Å². The zero-order valence-corrected chi connectivity index (χ0v) is 7.90.